The quantitative estimate of drug-likeness (QED) is 0.648. The van der Waals surface area contributed by atoms with Crippen LogP contribution >= 0.6 is 11.8 Å². The first kappa shape index (κ1) is 14.8. The molecule has 1 aromatic heterocycles. The van der Waals surface area contributed by atoms with Gasteiger partial charge in [0, 0.05) is 11.3 Å². The molecular formula is C12H19N5O2S. The number of anilines is 2. The highest BCUT2D eigenvalue weighted by atomic mass is 32.2. The fraction of sp³-hybridized carbons (Fsp3) is 0.667. The summed E-state index contributed by atoms with van der Waals surface area (Å²) in [6.07, 6.45) is 6.34. The van der Waals surface area contributed by atoms with Gasteiger partial charge in [0.05, 0.1) is 4.92 Å². The zero-order valence-corrected chi connectivity index (χ0v) is 12.4. The minimum absolute atomic E-state index is 0.0633. The van der Waals surface area contributed by atoms with Crippen molar-refractivity contribution in [3.05, 3.63) is 15.8 Å². The molecule has 1 saturated carbocycles. The fourth-order valence-corrected chi connectivity index (χ4v) is 3.29. The number of aryl methyl sites for hydroxylation is 1. The first-order valence-corrected chi connectivity index (χ1v) is 7.88. The minimum Gasteiger partial charge on any atom is -0.368 e. The van der Waals surface area contributed by atoms with E-state index in [-0.39, 0.29) is 23.5 Å². The van der Waals surface area contributed by atoms with E-state index in [1.165, 1.54) is 0 Å². The van der Waals surface area contributed by atoms with Gasteiger partial charge in [-0.05, 0) is 38.9 Å². The van der Waals surface area contributed by atoms with Crippen LogP contribution in [0.5, 0.6) is 0 Å². The molecule has 7 nitrogen and oxygen atoms in total. The largest absolute Gasteiger partial charge is 0.368 e. The standard InChI is InChI=1S/C12H19N5O2S/c1-7-10(17(18)19)11(16-12(13)14-7)15-8-3-5-9(20-2)6-4-8/h8-9H,3-6H2,1-2H3,(H3,13,14,15,16). The van der Waals surface area contributed by atoms with Crippen LogP contribution in [0.1, 0.15) is 31.4 Å². The average molecular weight is 297 g/mol. The summed E-state index contributed by atoms with van der Waals surface area (Å²) in [6, 6.07) is 0.214. The number of nitrogen functional groups attached to an aromatic ring is 1. The summed E-state index contributed by atoms with van der Waals surface area (Å²) in [5.74, 6) is 0.306. The second kappa shape index (κ2) is 6.25. The molecule has 0 spiro atoms. The van der Waals surface area contributed by atoms with Gasteiger partial charge in [-0.3, -0.25) is 10.1 Å². The Morgan fingerprint density at radius 3 is 2.55 bits per heavy atom. The van der Waals surface area contributed by atoms with Crippen LogP contribution in [-0.2, 0) is 0 Å². The van der Waals surface area contributed by atoms with Crippen molar-refractivity contribution in [3.8, 4) is 0 Å². The Hall–Kier alpha value is -1.57. The zero-order valence-electron chi connectivity index (χ0n) is 11.6. The van der Waals surface area contributed by atoms with Crippen molar-refractivity contribution in [1.82, 2.24) is 9.97 Å². The predicted molar refractivity (Wildman–Crippen MR) is 81.0 cm³/mol. The lowest BCUT2D eigenvalue weighted by Crippen LogP contribution is -2.28. The predicted octanol–water partition coefficient (Wildman–Crippen LogP) is 2.36. The second-order valence-corrected chi connectivity index (χ2v) is 6.11. The maximum atomic E-state index is 11.1. The van der Waals surface area contributed by atoms with Gasteiger partial charge < -0.3 is 11.1 Å². The fourth-order valence-electron chi connectivity index (χ4n) is 2.54. The van der Waals surface area contributed by atoms with E-state index in [4.69, 9.17) is 5.73 Å². The van der Waals surface area contributed by atoms with Crippen molar-refractivity contribution in [2.24, 2.45) is 0 Å². The summed E-state index contributed by atoms with van der Waals surface area (Å²) in [4.78, 5) is 18.5. The van der Waals surface area contributed by atoms with E-state index in [1.54, 1.807) is 6.92 Å². The molecule has 1 aliphatic carbocycles. The molecule has 3 N–H and O–H groups in total. The Bertz CT molecular complexity index is 503. The van der Waals surface area contributed by atoms with Crippen LogP contribution < -0.4 is 11.1 Å². The molecule has 8 heteroatoms. The van der Waals surface area contributed by atoms with E-state index in [2.05, 4.69) is 21.5 Å². The Balaban J connectivity index is 2.15. The molecule has 1 fully saturated rings. The number of aromatic nitrogens is 2. The highest BCUT2D eigenvalue weighted by Gasteiger charge is 2.26. The number of rotatable bonds is 4. The summed E-state index contributed by atoms with van der Waals surface area (Å²) in [5.41, 5.74) is 5.81. The Kier molecular flexibility index (Phi) is 4.64. The number of nitrogens with zero attached hydrogens (tertiary/aromatic N) is 3. The smallest absolute Gasteiger partial charge is 0.332 e. The van der Waals surface area contributed by atoms with Crippen LogP contribution in [0.15, 0.2) is 0 Å². The van der Waals surface area contributed by atoms with Crippen LogP contribution in [0.25, 0.3) is 0 Å². The van der Waals surface area contributed by atoms with Crippen LogP contribution in [0, 0.1) is 17.0 Å². The van der Waals surface area contributed by atoms with Gasteiger partial charge in [0.2, 0.25) is 11.8 Å². The maximum absolute atomic E-state index is 11.1. The molecular weight excluding hydrogens is 278 g/mol. The number of hydrogen-bond donors (Lipinski definition) is 2. The van der Waals surface area contributed by atoms with Gasteiger partial charge in [0.25, 0.3) is 0 Å². The molecule has 0 aromatic carbocycles. The average Bonchev–Trinajstić information content (AvgIpc) is 2.38. The Labute approximate surface area is 121 Å². The van der Waals surface area contributed by atoms with Crippen molar-refractivity contribution in [2.75, 3.05) is 17.3 Å². The van der Waals surface area contributed by atoms with E-state index < -0.39 is 4.92 Å². The first-order valence-electron chi connectivity index (χ1n) is 6.59. The van der Waals surface area contributed by atoms with Crippen molar-refractivity contribution < 1.29 is 4.92 Å². The van der Waals surface area contributed by atoms with Crippen LogP contribution in [0.4, 0.5) is 17.5 Å². The van der Waals surface area contributed by atoms with E-state index in [0.29, 0.717) is 10.9 Å². The SMILES string of the molecule is CSC1CCC(Nc2nc(N)nc(C)c2[N+](=O)[O-])CC1. The lowest BCUT2D eigenvalue weighted by atomic mass is 9.95. The number of hydrogen-bond acceptors (Lipinski definition) is 7. The molecule has 0 amide bonds. The normalized spacial score (nSPS) is 22.5. The van der Waals surface area contributed by atoms with Gasteiger partial charge in [-0.25, -0.2) is 4.98 Å². The molecule has 1 heterocycles. The topological polar surface area (TPSA) is 107 Å². The molecule has 1 aliphatic rings. The third-order valence-corrected chi connectivity index (χ3v) is 4.74. The summed E-state index contributed by atoms with van der Waals surface area (Å²) in [5, 5.41) is 15.0. The summed E-state index contributed by atoms with van der Waals surface area (Å²) >= 11 is 1.89. The van der Waals surface area contributed by atoms with E-state index in [0.717, 1.165) is 25.7 Å². The van der Waals surface area contributed by atoms with E-state index in [1.807, 2.05) is 11.8 Å². The molecule has 2 rings (SSSR count). The lowest BCUT2D eigenvalue weighted by Gasteiger charge is -2.28. The van der Waals surface area contributed by atoms with Crippen LogP contribution in [0.2, 0.25) is 0 Å². The maximum Gasteiger partial charge on any atom is 0.332 e. The van der Waals surface area contributed by atoms with Gasteiger partial charge in [0.1, 0.15) is 5.69 Å². The molecule has 110 valence electrons. The molecule has 0 unspecified atom stereocenters. The van der Waals surface area contributed by atoms with Crippen LogP contribution in [0.3, 0.4) is 0 Å². The summed E-state index contributed by atoms with van der Waals surface area (Å²) in [6.45, 7) is 1.58. The van der Waals surface area contributed by atoms with Gasteiger partial charge in [-0.15, -0.1) is 0 Å². The number of nitrogens with one attached hydrogen (secondary N) is 1. The third-order valence-electron chi connectivity index (χ3n) is 3.61. The van der Waals surface area contributed by atoms with Crippen molar-refractivity contribution in [3.63, 3.8) is 0 Å². The van der Waals surface area contributed by atoms with E-state index >= 15 is 0 Å². The van der Waals surface area contributed by atoms with Crippen molar-refractivity contribution in [2.45, 2.75) is 43.9 Å². The van der Waals surface area contributed by atoms with Gasteiger partial charge in [-0.1, -0.05) is 0 Å². The molecule has 0 aliphatic heterocycles. The Morgan fingerprint density at radius 1 is 1.35 bits per heavy atom. The lowest BCUT2D eigenvalue weighted by molar-refractivity contribution is -0.385. The Morgan fingerprint density at radius 2 is 2.00 bits per heavy atom. The number of thioether (sulfide) groups is 1. The highest BCUT2D eigenvalue weighted by molar-refractivity contribution is 7.99. The molecule has 1 aromatic rings. The minimum atomic E-state index is -0.454. The van der Waals surface area contributed by atoms with Gasteiger partial charge in [-0.2, -0.15) is 16.7 Å². The molecule has 0 radical (unpaired) electrons. The van der Waals surface area contributed by atoms with Crippen molar-refractivity contribution >= 4 is 29.2 Å². The molecule has 0 saturated heterocycles. The van der Waals surface area contributed by atoms with Gasteiger partial charge in [0.15, 0.2) is 0 Å². The molecule has 0 bridgehead atoms. The monoisotopic (exact) mass is 297 g/mol. The molecule has 20 heavy (non-hydrogen) atoms. The highest BCUT2D eigenvalue weighted by Crippen LogP contribution is 2.31. The number of nitrogens with two attached hydrogens (primary N) is 1. The molecule has 0 atom stereocenters. The van der Waals surface area contributed by atoms with Crippen LogP contribution in [-0.4, -0.2) is 32.4 Å². The zero-order chi connectivity index (χ0) is 14.7. The first-order chi connectivity index (χ1) is 9.51. The van der Waals surface area contributed by atoms with Crippen molar-refractivity contribution in [1.29, 1.82) is 0 Å². The second-order valence-electron chi connectivity index (χ2n) is 4.98. The summed E-state index contributed by atoms with van der Waals surface area (Å²) in [7, 11) is 0. The van der Waals surface area contributed by atoms with Gasteiger partial charge >= 0.3 is 5.69 Å². The summed E-state index contributed by atoms with van der Waals surface area (Å²) < 4.78 is 0. The van der Waals surface area contributed by atoms with E-state index in [9.17, 15) is 10.1 Å². The number of nitro groups is 1. The third kappa shape index (κ3) is 3.30.